The van der Waals surface area contributed by atoms with Crippen molar-refractivity contribution in [3.8, 4) is 0 Å². The van der Waals surface area contributed by atoms with Gasteiger partial charge >= 0.3 is 0 Å². The van der Waals surface area contributed by atoms with Gasteiger partial charge in [-0.2, -0.15) is 0 Å². The van der Waals surface area contributed by atoms with Crippen LogP contribution in [-0.2, 0) is 9.47 Å². The van der Waals surface area contributed by atoms with E-state index >= 15 is 0 Å². The Morgan fingerprint density at radius 2 is 2.40 bits per heavy atom. The Bertz CT molecular complexity index is 114. The summed E-state index contributed by atoms with van der Waals surface area (Å²) in [6.45, 7) is 5.60. The first-order valence-corrected chi connectivity index (χ1v) is 3.56. The van der Waals surface area contributed by atoms with Crippen LogP contribution in [0.2, 0.25) is 0 Å². The molecule has 0 amide bonds. The molecule has 1 fully saturated rings. The summed E-state index contributed by atoms with van der Waals surface area (Å²) in [4.78, 5) is 0. The Hall–Kier alpha value is -0.120. The fourth-order valence-electron chi connectivity index (χ4n) is 1.14. The van der Waals surface area contributed by atoms with Crippen LogP contribution in [0.4, 0.5) is 0 Å². The summed E-state index contributed by atoms with van der Waals surface area (Å²) in [5.41, 5.74) is -0.163. The van der Waals surface area contributed by atoms with Crippen LogP contribution >= 0.6 is 0 Å². The number of methoxy groups -OCH3 is 1. The third-order valence-electron chi connectivity index (χ3n) is 1.57. The summed E-state index contributed by atoms with van der Waals surface area (Å²) in [5, 5.41) is 3.23. The van der Waals surface area contributed by atoms with Crippen molar-refractivity contribution in [3.63, 3.8) is 0 Å². The van der Waals surface area contributed by atoms with E-state index in [-0.39, 0.29) is 11.8 Å². The molecule has 0 bridgehead atoms. The largest absolute Gasteiger partial charge is 0.382 e. The summed E-state index contributed by atoms with van der Waals surface area (Å²) < 4.78 is 10.5. The maximum absolute atomic E-state index is 5.55. The normalized spacial score (nSPS) is 30.9. The van der Waals surface area contributed by atoms with Gasteiger partial charge in [0.1, 0.15) is 5.72 Å². The van der Waals surface area contributed by atoms with Crippen LogP contribution in [0.1, 0.15) is 13.8 Å². The summed E-state index contributed by atoms with van der Waals surface area (Å²) in [5.74, 6) is 0. The molecule has 0 aromatic carbocycles. The van der Waals surface area contributed by atoms with Gasteiger partial charge in [-0.25, -0.2) is 0 Å². The molecule has 0 aromatic heterocycles. The van der Waals surface area contributed by atoms with E-state index in [0.29, 0.717) is 6.61 Å². The highest BCUT2D eigenvalue weighted by molar-refractivity contribution is 4.79. The minimum atomic E-state index is -0.163. The van der Waals surface area contributed by atoms with Gasteiger partial charge in [-0.15, -0.1) is 0 Å². The molecule has 1 rings (SSSR count). The molecule has 0 aliphatic carbocycles. The fourth-order valence-corrected chi connectivity index (χ4v) is 1.14. The Morgan fingerprint density at radius 3 is 2.80 bits per heavy atom. The molecular weight excluding hydrogens is 130 g/mol. The summed E-state index contributed by atoms with van der Waals surface area (Å²) in [6, 6.07) is 0. The van der Waals surface area contributed by atoms with Gasteiger partial charge in [-0.1, -0.05) is 0 Å². The Kier molecular flexibility index (Phi) is 2.28. The van der Waals surface area contributed by atoms with Gasteiger partial charge in [0.25, 0.3) is 0 Å². The van der Waals surface area contributed by atoms with Crippen molar-refractivity contribution >= 4 is 0 Å². The topological polar surface area (TPSA) is 30.5 Å². The lowest BCUT2D eigenvalue weighted by atomic mass is 10.3. The highest BCUT2D eigenvalue weighted by Gasteiger charge is 2.30. The zero-order valence-corrected chi connectivity index (χ0v) is 6.81. The molecular formula is C7H15NO2. The van der Waals surface area contributed by atoms with Crippen LogP contribution in [-0.4, -0.2) is 32.1 Å². The molecule has 1 saturated heterocycles. The summed E-state index contributed by atoms with van der Waals surface area (Å²) >= 11 is 0. The Labute approximate surface area is 61.7 Å². The SMILES string of the molecule is COCC1CNC(C)(C)O1. The van der Waals surface area contributed by atoms with Crippen molar-refractivity contribution < 1.29 is 9.47 Å². The second-order valence-corrected chi connectivity index (χ2v) is 3.09. The van der Waals surface area contributed by atoms with Crippen molar-refractivity contribution in [2.24, 2.45) is 0 Å². The predicted octanol–water partition coefficient (Wildman–Crippen LogP) is 0.357. The molecule has 1 N–H and O–H groups in total. The van der Waals surface area contributed by atoms with E-state index < -0.39 is 0 Å². The van der Waals surface area contributed by atoms with Crippen LogP contribution in [0.3, 0.4) is 0 Å². The Morgan fingerprint density at radius 1 is 1.70 bits per heavy atom. The van der Waals surface area contributed by atoms with Gasteiger partial charge in [0, 0.05) is 13.7 Å². The van der Waals surface area contributed by atoms with E-state index in [1.54, 1.807) is 7.11 Å². The minimum Gasteiger partial charge on any atom is -0.382 e. The van der Waals surface area contributed by atoms with E-state index in [0.717, 1.165) is 6.54 Å². The summed E-state index contributed by atoms with van der Waals surface area (Å²) in [6.07, 6.45) is 0.222. The van der Waals surface area contributed by atoms with E-state index in [2.05, 4.69) is 5.32 Å². The molecule has 1 atom stereocenters. The van der Waals surface area contributed by atoms with Gasteiger partial charge in [0.05, 0.1) is 12.7 Å². The molecule has 10 heavy (non-hydrogen) atoms. The molecule has 3 heteroatoms. The van der Waals surface area contributed by atoms with Gasteiger partial charge in [-0.05, 0) is 13.8 Å². The molecule has 3 nitrogen and oxygen atoms in total. The standard InChI is InChI=1S/C7H15NO2/c1-7(2)8-4-6(10-7)5-9-3/h6,8H,4-5H2,1-3H3. The number of nitrogens with one attached hydrogen (secondary N) is 1. The van der Waals surface area contributed by atoms with Crippen molar-refractivity contribution in [1.82, 2.24) is 5.32 Å². The van der Waals surface area contributed by atoms with Crippen molar-refractivity contribution in [3.05, 3.63) is 0 Å². The second kappa shape index (κ2) is 2.86. The molecule has 0 radical (unpaired) electrons. The first-order valence-electron chi connectivity index (χ1n) is 3.56. The third-order valence-corrected chi connectivity index (χ3v) is 1.57. The van der Waals surface area contributed by atoms with E-state index in [1.807, 2.05) is 13.8 Å². The highest BCUT2D eigenvalue weighted by Crippen LogP contribution is 2.14. The second-order valence-electron chi connectivity index (χ2n) is 3.09. The highest BCUT2D eigenvalue weighted by atomic mass is 16.6. The van der Waals surface area contributed by atoms with Gasteiger partial charge in [0.2, 0.25) is 0 Å². The average Bonchev–Trinajstić information content (AvgIpc) is 2.12. The lowest BCUT2D eigenvalue weighted by Crippen LogP contribution is -2.33. The minimum absolute atomic E-state index is 0.163. The van der Waals surface area contributed by atoms with Gasteiger partial charge < -0.3 is 9.47 Å². The summed E-state index contributed by atoms with van der Waals surface area (Å²) in [7, 11) is 1.69. The zero-order valence-electron chi connectivity index (χ0n) is 6.81. The van der Waals surface area contributed by atoms with E-state index in [4.69, 9.17) is 9.47 Å². The van der Waals surface area contributed by atoms with Crippen LogP contribution in [0, 0.1) is 0 Å². The first-order chi connectivity index (χ1) is 4.64. The molecule has 1 unspecified atom stereocenters. The van der Waals surface area contributed by atoms with Gasteiger partial charge in [-0.3, -0.25) is 5.32 Å². The number of rotatable bonds is 2. The molecule has 0 saturated carbocycles. The maximum atomic E-state index is 5.55. The number of hydrogen-bond acceptors (Lipinski definition) is 3. The lowest BCUT2D eigenvalue weighted by Gasteiger charge is -2.18. The Balaban J connectivity index is 2.29. The molecule has 1 heterocycles. The van der Waals surface area contributed by atoms with E-state index in [9.17, 15) is 0 Å². The monoisotopic (exact) mass is 145 g/mol. The number of hydrogen-bond donors (Lipinski definition) is 1. The molecule has 0 aromatic rings. The van der Waals surface area contributed by atoms with Crippen LogP contribution in [0.15, 0.2) is 0 Å². The quantitative estimate of drug-likeness (QED) is 0.608. The molecule has 1 aliphatic rings. The third kappa shape index (κ3) is 1.94. The molecule has 60 valence electrons. The molecule has 0 spiro atoms. The van der Waals surface area contributed by atoms with Crippen molar-refractivity contribution in [1.29, 1.82) is 0 Å². The fraction of sp³-hybridized carbons (Fsp3) is 1.00. The van der Waals surface area contributed by atoms with Crippen LogP contribution in [0.25, 0.3) is 0 Å². The van der Waals surface area contributed by atoms with E-state index in [1.165, 1.54) is 0 Å². The van der Waals surface area contributed by atoms with Crippen LogP contribution in [0.5, 0.6) is 0 Å². The number of ether oxygens (including phenoxy) is 2. The first kappa shape index (κ1) is 7.98. The van der Waals surface area contributed by atoms with Crippen molar-refractivity contribution in [2.75, 3.05) is 20.3 Å². The van der Waals surface area contributed by atoms with Crippen LogP contribution < -0.4 is 5.32 Å². The molecule has 1 aliphatic heterocycles. The zero-order chi connectivity index (χ0) is 7.61. The smallest absolute Gasteiger partial charge is 0.114 e. The van der Waals surface area contributed by atoms with Crippen molar-refractivity contribution in [2.45, 2.75) is 25.7 Å². The van der Waals surface area contributed by atoms with Gasteiger partial charge in [0.15, 0.2) is 0 Å². The average molecular weight is 145 g/mol. The predicted molar refractivity (Wildman–Crippen MR) is 38.8 cm³/mol. The lowest BCUT2D eigenvalue weighted by molar-refractivity contribution is -0.0493. The maximum Gasteiger partial charge on any atom is 0.114 e.